The Kier molecular flexibility index (Phi) is 4.78. The van der Waals surface area contributed by atoms with E-state index < -0.39 is 0 Å². The summed E-state index contributed by atoms with van der Waals surface area (Å²) in [6.45, 7) is 5.27. The van der Waals surface area contributed by atoms with E-state index in [1.807, 2.05) is 4.90 Å². The number of amides is 1. The molecule has 1 aromatic heterocycles. The van der Waals surface area contributed by atoms with Crippen LogP contribution in [-0.2, 0) is 6.54 Å². The molecule has 2 aliphatic heterocycles. The molecule has 1 aromatic rings. The molecule has 2 fully saturated rings. The van der Waals surface area contributed by atoms with Crippen molar-refractivity contribution in [3.63, 3.8) is 0 Å². The maximum absolute atomic E-state index is 12.5. The first-order valence-electron chi connectivity index (χ1n) is 8.30. The third-order valence-electron chi connectivity index (χ3n) is 4.78. The van der Waals surface area contributed by atoms with Crippen molar-refractivity contribution in [1.29, 1.82) is 0 Å². The lowest BCUT2D eigenvalue weighted by atomic mass is 10.0. The lowest BCUT2D eigenvalue weighted by Crippen LogP contribution is -2.42. The third-order valence-corrected chi connectivity index (χ3v) is 4.78. The Bertz CT molecular complexity index is 508. The second-order valence-corrected chi connectivity index (χ2v) is 6.53. The molecule has 22 heavy (non-hydrogen) atoms. The first-order chi connectivity index (χ1) is 10.6. The topological polar surface area (TPSA) is 69.8 Å². The summed E-state index contributed by atoms with van der Waals surface area (Å²) < 4.78 is 5.34. The molecule has 1 N–H and O–H groups in total. The molecule has 1 atom stereocenters. The number of nitrogens with zero attached hydrogens (tertiary/aromatic N) is 3. The lowest BCUT2D eigenvalue weighted by molar-refractivity contribution is 0.0623. The molecule has 0 aromatic carbocycles. The molecule has 3 heterocycles. The largest absolute Gasteiger partial charge is 0.393 e. The van der Waals surface area contributed by atoms with Gasteiger partial charge in [0.05, 0.1) is 12.6 Å². The predicted octanol–water partition coefficient (Wildman–Crippen LogP) is 1.65. The van der Waals surface area contributed by atoms with Gasteiger partial charge in [0, 0.05) is 31.7 Å². The summed E-state index contributed by atoms with van der Waals surface area (Å²) >= 11 is 0. The van der Waals surface area contributed by atoms with Crippen molar-refractivity contribution < 1.29 is 14.4 Å². The van der Waals surface area contributed by atoms with Gasteiger partial charge in [-0.05, 0) is 39.0 Å². The molecule has 0 bridgehead atoms. The average molecular weight is 307 g/mol. The minimum Gasteiger partial charge on any atom is -0.393 e. The highest BCUT2D eigenvalue weighted by atomic mass is 16.5. The van der Waals surface area contributed by atoms with Crippen LogP contribution in [0, 0.1) is 0 Å². The Morgan fingerprint density at radius 2 is 2.09 bits per heavy atom. The van der Waals surface area contributed by atoms with E-state index in [9.17, 15) is 9.90 Å². The predicted molar refractivity (Wildman–Crippen MR) is 81.4 cm³/mol. The second-order valence-electron chi connectivity index (χ2n) is 6.53. The number of aromatic nitrogens is 1. The van der Waals surface area contributed by atoms with Crippen LogP contribution < -0.4 is 0 Å². The van der Waals surface area contributed by atoms with E-state index in [0.29, 0.717) is 12.2 Å². The van der Waals surface area contributed by atoms with Gasteiger partial charge in [-0.15, -0.1) is 0 Å². The second kappa shape index (κ2) is 6.79. The highest BCUT2D eigenvalue weighted by Gasteiger charge is 2.27. The molecule has 0 spiro atoms. The van der Waals surface area contributed by atoms with Crippen LogP contribution in [0.15, 0.2) is 10.6 Å². The highest BCUT2D eigenvalue weighted by Crippen LogP contribution is 2.20. The van der Waals surface area contributed by atoms with E-state index in [1.54, 1.807) is 6.07 Å². The molecule has 1 amide bonds. The SMILES string of the molecule is CC1CCCCN1C(=O)c1cc(CN2CCC(O)CC2)on1. The monoisotopic (exact) mass is 307 g/mol. The molecule has 6 nitrogen and oxygen atoms in total. The van der Waals surface area contributed by atoms with Crippen molar-refractivity contribution in [2.24, 2.45) is 0 Å². The Balaban J connectivity index is 1.59. The molecule has 122 valence electrons. The maximum Gasteiger partial charge on any atom is 0.276 e. The molecular weight excluding hydrogens is 282 g/mol. The van der Waals surface area contributed by atoms with Crippen molar-refractivity contribution in [3.8, 4) is 0 Å². The molecule has 3 rings (SSSR count). The van der Waals surface area contributed by atoms with Crippen molar-refractivity contribution >= 4 is 5.91 Å². The van der Waals surface area contributed by atoms with Crippen LogP contribution in [0.5, 0.6) is 0 Å². The molecule has 2 aliphatic rings. The molecule has 6 heteroatoms. The number of aliphatic hydroxyl groups excluding tert-OH is 1. The molecule has 0 saturated carbocycles. The van der Waals surface area contributed by atoms with E-state index in [-0.39, 0.29) is 18.1 Å². The van der Waals surface area contributed by atoms with E-state index >= 15 is 0 Å². The summed E-state index contributed by atoms with van der Waals surface area (Å²) in [5, 5.41) is 13.5. The number of hydrogen-bond acceptors (Lipinski definition) is 5. The minimum absolute atomic E-state index is 0.0173. The van der Waals surface area contributed by atoms with Crippen LogP contribution in [0.25, 0.3) is 0 Å². The van der Waals surface area contributed by atoms with Gasteiger partial charge in [-0.3, -0.25) is 9.69 Å². The average Bonchev–Trinajstić information content (AvgIpc) is 2.98. The maximum atomic E-state index is 12.5. The van der Waals surface area contributed by atoms with Gasteiger partial charge >= 0.3 is 0 Å². The number of carbonyl (C=O) groups excluding carboxylic acids is 1. The van der Waals surface area contributed by atoms with Crippen LogP contribution in [0.2, 0.25) is 0 Å². The van der Waals surface area contributed by atoms with Gasteiger partial charge in [0.25, 0.3) is 5.91 Å². The van der Waals surface area contributed by atoms with E-state index in [2.05, 4.69) is 17.0 Å². The lowest BCUT2D eigenvalue weighted by Gasteiger charge is -2.32. The van der Waals surface area contributed by atoms with Crippen molar-refractivity contribution in [2.45, 2.75) is 57.7 Å². The highest BCUT2D eigenvalue weighted by molar-refractivity contribution is 5.92. The zero-order valence-electron chi connectivity index (χ0n) is 13.2. The standard InChI is InChI=1S/C16H25N3O3/c1-12-4-2-3-7-19(12)16(21)15-10-14(22-17-15)11-18-8-5-13(20)6-9-18/h10,12-13,20H,2-9,11H2,1H3. The minimum atomic E-state index is -0.177. The molecule has 1 unspecified atom stereocenters. The number of hydrogen-bond donors (Lipinski definition) is 1. The number of likely N-dealkylation sites (tertiary alicyclic amines) is 2. The number of piperidine rings is 2. The Morgan fingerprint density at radius 3 is 2.82 bits per heavy atom. The van der Waals surface area contributed by atoms with Crippen LogP contribution in [-0.4, -0.2) is 57.8 Å². The number of aliphatic hydroxyl groups is 1. The van der Waals surface area contributed by atoms with Gasteiger partial charge in [0.2, 0.25) is 0 Å². The smallest absolute Gasteiger partial charge is 0.276 e. The number of rotatable bonds is 3. The molecular formula is C16H25N3O3. The fourth-order valence-corrected chi connectivity index (χ4v) is 3.33. The Morgan fingerprint density at radius 1 is 1.32 bits per heavy atom. The van der Waals surface area contributed by atoms with E-state index in [4.69, 9.17) is 4.52 Å². The van der Waals surface area contributed by atoms with E-state index in [1.165, 1.54) is 6.42 Å². The van der Waals surface area contributed by atoms with Gasteiger partial charge in [-0.2, -0.15) is 0 Å². The van der Waals surface area contributed by atoms with Crippen molar-refractivity contribution in [2.75, 3.05) is 19.6 Å². The fourth-order valence-electron chi connectivity index (χ4n) is 3.33. The summed E-state index contributed by atoms with van der Waals surface area (Å²) in [6, 6.07) is 2.05. The van der Waals surface area contributed by atoms with Crippen molar-refractivity contribution in [1.82, 2.24) is 15.0 Å². The van der Waals surface area contributed by atoms with Crippen LogP contribution in [0.1, 0.15) is 55.3 Å². The summed E-state index contributed by atoms with van der Waals surface area (Å²) in [6.07, 6.45) is 4.74. The summed E-state index contributed by atoms with van der Waals surface area (Å²) in [4.78, 5) is 16.6. The molecule has 0 aliphatic carbocycles. The van der Waals surface area contributed by atoms with Crippen LogP contribution >= 0.6 is 0 Å². The first kappa shape index (κ1) is 15.5. The molecule has 2 saturated heterocycles. The number of carbonyl (C=O) groups is 1. The van der Waals surface area contributed by atoms with Gasteiger partial charge in [0.15, 0.2) is 11.5 Å². The van der Waals surface area contributed by atoms with Crippen molar-refractivity contribution in [3.05, 3.63) is 17.5 Å². The van der Waals surface area contributed by atoms with Crippen LogP contribution in [0.3, 0.4) is 0 Å². The van der Waals surface area contributed by atoms with Gasteiger partial charge in [-0.25, -0.2) is 0 Å². The summed E-state index contributed by atoms with van der Waals surface area (Å²) in [5.74, 6) is 0.709. The Hall–Kier alpha value is -1.40. The zero-order chi connectivity index (χ0) is 15.5. The summed E-state index contributed by atoms with van der Waals surface area (Å²) in [7, 11) is 0. The van der Waals surface area contributed by atoms with E-state index in [0.717, 1.165) is 51.1 Å². The van der Waals surface area contributed by atoms with Gasteiger partial charge in [-0.1, -0.05) is 5.16 Å². The zero-order valence-corrected chi connectivity index (χ0v) is 13.2. The molecule has 0 radical (unpaired) electrons. The first-order valence-corrected chi connectivity index (χ1v) is 8.30. The van der Waals surface area contributed by atoms with Gasteiger partial charge in [0.1, 0.15) is 0 Å². The van der Waals surface area contributed by atoms with Gasteiger partial charge < -0.3 is 14.5 Å². The normalized spacial score (nSPS) is 24.6. The summed E-state index contributed by atoms with van der Waals surface area (Å²) in [5.41, 5.74) is 0.417. The fraction of sp³-hybridized carbons (Fsp3) is 0.750. The quantitative estimate of drug-likeness (QED) is 0.919. The van der Waals surface area contributed by atoms with Crippen LogP contribution in [0.4, 0.5) is 0 Å². The third kappa shape index (κ3) is 3.50. The Labute approximate surface area is 131 Å².